The fraction of sp³-hybridized carbons (Fsp3) is 0.647. The standard InChI is InChI=1S/C17H26N4O3/c1-16(2,3)24-15(22)21-8-7-20(11-17(21)5-6-17)12-10-19-14(18)9-13(12)23-4/h9-10H,5-8,11H2,1-4H3,(H2,18,19). The average molecular weight is 334 g/mol. The van der Waals surface area contributed by atoms with E-state index in [1.165, 1.54) is 0 Å². The molecule has 2 aliphatic rings. The van der Waals surface area contributed by atoms with Gasteiger partial charge in [0.15, 0.2) is 0 Å². The Labute approximate surface area is 142 Å². The maximum atomic E-state index is 12.5. The van der Waals surface area contributed by atoms with E-state index in [-0.39, 0.29) is 11.6 Å². The first-order chi connectivity index (χ1) is 11.2. The van der Waals surface area contributed by atoms with E-state index >= 15 is 0 Å². The Morgan fingerprint density at radius 1 is 1.33 bits per heavy atom. The molecular weight excluding hydrogens is 308 g/mol. The van der Waals surface area contributed by atoms with E-state index < -0.39 is 5.60 Å². The molecule has 7 heteroatoms. The molecule has 1 aliphatic heterocycles. The predicted octanol–water partition coefficient (Wildman–Crippen LogP) is 2.26. The highest BCUT2D eigenvalue weighted by Gasteiger charge is 2.54. The Morgan fingerprint density at radius 2 is 2.04 bits per heavy atom. The van der Waals surface area contributed by atoms with Crippen LogP contribution in [0.4, 0.5) is 16.3 Å². The summed E-state index contributed by atoms with van der Waals surface area (Å²) in [6, 6.07) is 1.73. The van der Waals surface area contributed by atoms with E-state index in [0.29, 0.717) is 24.7 Å². The number of hydrogen-bond acceptors (Lipinski definition) is 6. The van der Waals surface area contributed by atoms with Gasteiger partial charge in [-0.05, 0) is 33.6 Å². The van der Waals surface area contributed by atoms with Gasteiger partial charge in [-0.1, -0.05) is 0 Å². The van der Waals surface area contributed by atoms with Crippen LogP contribution in [-0.4, -0.2) is 53.9 Å². The van der Waals surface area contributed by atoms with Gasteiger partial charge >= 0.3 is 6.09 Å². The third kappa shape index (κ3) is 3.20. The number of piperazine rings is 1. The number of aromatic nitrogens is 1. The molecule has 0 unspecified atom stereocenters. The number of pyridine rings is 1. The zero-order chi connectivity index (χ0) is 17.5. The van der Waals surface area contributed by atoms with Gasteiger partial charge in [0.05, 0.1) is 24.5 Å². The lowest BCUT2D eigenvalue weighted by molar-refractivity contribution is 0.0106. The monoisotopic (exact) mass is 334 g/mol. The van der Waals surface area contributed by atoms with Gasteiger partial charge in [0, 0.05) is 25.7 Å². The van der Waals surface area contributed by atoms with E-state index in [4.69, 9.17) is 15.2 Å². The van der Waals surface area contributed by atoms with E-state index in [1.54, 1.807) is 19.4 Å². The molecule has 1 aromatic heterocycles. The number of methoxy groups -OCH3 is 1. The molecule has 0 aromatic carbocycles. The minimum Gasteiger partial charge on any atom is -0.494 e. The van der Waals surface area contributed by atoms with E-state index in [2.05, 4.69) is 9.88 Å². The first kappa shape index (κ1) is 16.7. The molecule has 1 spiro atoms. The highest BCUT2D eigenvalue weighted by Crippen LogP contribution is 2.46. The fourth-order valence-corrected chi connectivity index (χ4v) is 3.20. The maximum Gasteiger partial charge on any atom is 0.410 e. The zero-order valence-electron chi connectivity index (χ0n) is 14.8. The molecule has 2 fully saturated rings. The van der Waals surface area contributed by atoms with Gasteiger partial charge in [-0.25, -0.2) is 9.78 Å². The van der Waals surface area contributed by atoms with Gasteiger partial charge in [-0.2, -0.15) is 0 Å². The van der Waals surface area contributed by atoms with Crippen LogP contribution in [0.5, 0.6) is 5.75 Å². The lowest BCUT2D eigenvalue weighted by atomic mass is 10.1. The number of hydrogen-bond donors (Lipinski definition) is 1. The number of carbonyl (C=O) groups is 1. The molecule has 132 valence electrons. The van der Waals surface area contributed by atoms with Crippen molar-refractivity contribution in [1.82, 2.24) is 9.88 Å². The lowest BCUT2D eigenvalue weighted by Gasteiger charge is -2.43. The van der Waals surface area contributed by atoms with Crippen molar-refractivity contribution in [2.45, 2.75) is 44.8 Å². The summed E-state index contributed by atoms with van der Waals surface area (Å²) in [5, 5.41) is 0. The quantitative estimate of drug-likeness (QED) is 0.893. The number of ether oxygens (including phenoxy) is 2. The van der Waals surface area contributed by atoms with Gasteiger partial charge < -0.3 is 20.1 Å². The Balaban J connectivity index is 1.76. The van der Waals surface area contributed by atoms with Gasteiger partial charge in [0.2, 0.25) is 0 Å². The summed E-state index contributed by atoms with van der Waals surface area (Å²) in [5.74, 6) is 1.15. The molecule has 2 N–H and O–H groups in total. The number of amides is 1. The molecule has 0 atom stereocenters. The number of anilines is 2. The smallest absolute Gasteiger partial charge is 0.410 e. The first-order valence-corrected chi connectivity index (χ1v) is 8.29. The average Bonchev–Trinajstić information content (AvgIpc) is 3.24. The molecule has 1 aromatic rings. The molecule has 0 radical (unpaired) electrons. The first-order valence-electron chi connectivity index (χ1n) is 8.29. The van der Waals surface area contributed by atoms with E-state index in [9.17, 15) is 4.79 Å². The SMILES string of the molecule is COc1cc(N)ncc1N1CCN(C(=O)OC(C)(C)C)C2(CC2)C1. The van der Waals surface area contributed by atoms with Crippen LogP contribution in [0.15, 0.2) is 12.3 Å². The molecule has 3 rings (SSSR count). The second kappa shape index (κ2) is 5.72. The van der Waals surface area contributed by atoms with Crippen LogP contribution in [0.3, 0.4) is 0 Å². The largest absolute Gasteiger partial charge is 0.494 e. The van der Waals surface area contributed by atoms with Crippen LogP contribution in [0.2, 0.25) is 0 Å². The Kier molecular flexibility index (Phi) is 3.97. The summed E-state index contributed by atoms with van der Waals surface area (Å²) >= 11 is 0. The number of nitrogen functional groups attached to an aromatic ring is 1. The number of carbonyl (C=O) groups excluding carboxylic acids is 1. The Bertz CT molecular complexity index is 637. The minimum absolute atomic E-state index is 0.132. The Hall–Kier alpha value is -2.18. The van der Waals surface area contributed by atoms with Crippen molar-refractivity contribution in [1.29, 1.82) is 0 Å². The van der Waals surface area contributed by atoms with Crippen molar-refractivity contribution in [3.8, 4) is 5.75 Å². The number of rotatable bonds is 2. The third-order valence-corrected chi connectivity index (χ3v) is 4.52. The van der Waals surface area contributed by atoms with Gasteiger partial charge in [0.25, 0.3) is 0 Å². The molecule has 7 nitrogen and oxygen atoms in total. The van der Waals surface area contributed by atoms with Gasteiger partial charge in [0.1, 0.15) is 17.2 Å². The van der Waals surface area contributed by atoms with Crippen LogP contribution in [0, 0.1) is 0 Å². The van der Waals surface area contributed by atoms with E-state index in [1.807, 2.05) is 25.7 Å². The minimum atomic E-state index is -0.478. The molecule has 1 saturated heterocycles. The van der Waals surface area contributed by atoms with Crippen LogP contribution < -0.4 is 15.4 Å². The maximum absolute atomic E-state index is 12.5. The van der Waals surface area contributed by atoms with Gasteiger partial charge in [-0.3, -0.25) is 4.90 Å². The molecule has 1 saturated carbocycles. The van der Waals surface area contributed by atoms with Crippen LogP contribution in [0.1, 0.15) is 33.6 Å². The van der Waals surface area contributed by atoms with Crippen LogP contribution >= 0.6 is 0 Å². The number of nitrogens with two attached hydrogens (primary N) is 1. The van der Waals surface area contributed by atoms with Crippen molar-refractivity contribution in [2.75, 3.05) is 37.4 Å². The fourth-order valence-electron chi connectivity index (χ4n) is 3.20. The molecular formula is C17H26N4O3. The summed E-state index contributed by atoms with van der Waals surface area (Å²) in [5.41, 5.74) is 6.05. The van der Waals surface area contributed by atoms with E-state index in [0.717, 1.165) is 25.1 Å². The molecule has 1 amide bonds. The molecule has 1 aliphatic carbocycles. The molecule has 0 bridgehead atoms. The van der Waals surface area contributed by atoms with Crippen molar-refractivity contribution in [3.05, 3.63) is 12.3 Å². The van der Waals surface area contributed by atoms with Crippen LogP contribution in [0.25, 0.3) is 0 Å². The van der Waals surface area contributed by atoms with Crippen molar-refractivity contribution in [2.24, 2.45) is 0 Å². The molecule has 2 heterocycles. The summed E-state index contributed by atoms with van der Waals surface area (Å²) < 4.78 is 11.0. The second-order valence-electron chi connectivity index (χ2n) is 7.56. The summed E-state index contributed by atoms with van der Waals surface area (Å²) in [4.78, 5) is 20.8. The van der Waals surface area contributed by atoms with Crippen molar-refractivity contribution < 1.29 is 14.3 Å². The van der Waals surface area contributed by atoms with Crippen molar-refractivity contribution >= 4 is 17.6 Å². The summed E-state index contributed by atoms with van der Waals surface area (Å²) in [7, 11) is 1.63. The third-order valence-electron chi connectivity index (χ3n) is 4.52. The summed E-state index contributed by atoms with van der Waals surface area (Å²) in [6.45, 7) is 7.78. The topological polar surface area (TPSA) is 80.9 Å². The van der Waals surface area contributed by atoms with Crippen molar-refractivity contribution in [3.63, 3.8) is 0 Å². The molecule has 24 heavy (non-hydrogen) atoms. The van der Waals surface area contributed by atoms with Crippen LogP contribution in [-0.2, 0) is 4.74 Å². The summed E-state index contributed by atoms with van der Waals surface area (Å²) in [6.07, 6.45) is 3.51. The Morgan fingerprint density at radius 3 is 2.62 bits per heavy atom. The highest BCUT2D eigenvalue weighted by molar-refractivity contribution is 5.71. The normalized spacial score (nSPS) is 19.3. The highest BCUT2D eigenvalue weighted by atomic mass is 16.6. The second-order valence-corrected chi connectivity index (χ2v) is 7.56. The van der Waals surface area contributed by atoms with Gasteiger partial charge in [-0.15, -0.1) is 0 Å². The predicted molar refractivity (Wildman–Crippen MR) is 92.3 cm³/mol. The lowest BCUT2D eigenvalue weighted by Crippen LogP contribution is -2.58. The number of nitrogens with zero attached hydrogens (tertiary/aromatic N) is 3. The zero-order valence-corrected chi connectivity index (χ0v) is 14.8.